The number of unbranched alkanes of at least 4 members (excludes halogenated alkanes) is 1. The van der Waals surface area contributed by atoms with Crippen LogP contribution in [0.25, 0.3) is 0 Å². The van der Waals surface area contributed by atoms with Gasteiger partial charge in [-0.2, -0.15) is 0 Å². The van der Waals surface area contributed by atoms with Crippen molar-refractivity contribution in [1.82, 2.24) is 5.32 Å². The highest BCUT2D eigenvalue weighted by Gasteiger charge is 2.17. The largest absolute Gasteiger partial charge is 0.493 e. The van der Waals surface area contributed by atoms with E-state index in [1.165, 1.54) is 0 Å². The molecule has 0 aliphatic rings. The lowest BCUT2D eigenvalue weighted by Gasteiger charge is -2.20. The van der Waals surface area contributed by atoms with Gasteiger partial charge in [-0.25, -0.2) is 0 Å². The van der Waals surface area contributed by atoms with Crippen molar-refractivity contribution in [3.8, 4) is 29.6 Å². The second-order valence-corrected chi connectivity index (χ2v) is 4.40. The van der Waals surface area contributed by atoms with Crippen molar-refractivity contribution in [3.05, 3.63) is 17.7 Å². The standard InChI is InChI=1S/C16H23NO3/c1-6-7-8-9-13(17-2)12-10-14(18-3)16(20-5)15(11-12)19-4/h1,10-11,13,17H,7-9H2,2-5H3. The van der Waals surface area contributed by atoms with Crippen LogP contribution in [0.5, 0.6) is 17.2 Å². The fraction of sp³-hybridized carbons (Fsp3) is 0.500. The summed E-state index contributed by atoms with van der Waals surface area (Å²) in [5, 5.41) is 3.30. The van der Waals surface area contributed by atoms with E-state index < -0.39 is 0 Å². The van der Waals surface area contributed by atoms with Gasteiger partial charge in [0.1, 0.15) is 0 Å². The van der Waals surface area contributed by atoms with Gasteiger partial charge in [0.05, 0.1) is 21.3 Å². The molecule has 1 aromatic carbocycles. The molecule has 0 saturated heterocycles. The zero-order valence-corrected chi connectivity index (χ0v) is 12.7. The first-order valence-electron chi connectivity index (χ1n) is 6.62. The van der Waals surface area contributed by atoms with Gasteiger partial charge in [0.25, 0.3) is 0 Å². The predicted octanol–water partition coefficient (Wildman–Crippen LogP) is 2.78. The molecule has 1 aromatic rings. The Balaban J connectivity index is 3.06. The van der Waals surface area contributed by atoms with Crippen LogP contribution in [-0.2, 0) is 0 Å². The third-order valence-electron chi connectivity index (χ3n) is 3.25. The lowest BCUT2D eigenvalue weighted by molar-refractivity contribution is 0.323. The van der Waals surface area contributed by atoms with Gasteiger partial charge in [-0.1, -0.05) is 0 Å². The maximum absolute atomic E-state index is 5.37. The molecule has 110 valence electrons. The predicted molar refractivity (Wildman–Crippen MR) is 80.6 cm³/mol. The van der Waals surface area contributed by atoms with Gasteiger partial charge in [-0.15, -0.1) is 12.3 Å². The zero-order valence-electron chi connectivity index (χ0n) is 12.7. The molecule has 0 saturated carbocycles. The highest BCUT2D eigenvalue weighted by atomic mass is 16.5. The summed E-state index contributed by atoms with van der Waals surface area (Å²) < 4.78 is 16.1. The summed E-state index contributed by atoms with van der Waals surface area (Å²) in [5.41, 5.74) is 1.10. The fourth-order valence-corrected chi connectivity index (χ4v) is 2.19. The van der Waals surface area contributed by atoms with Crippen molar-refractivity contribution in [2.75, 3.05) is 28.4 Å². The van der Waals surface area contributed by atoms with E-state index in [-0.39, 0.29) is 6.04 Å². The molecule has 0 radical (unpaired) electrons. The van der Waals surface area contributed by atoms with Gasteiger partial charge < -0.3 is 19.5 Å². The molecule has 20 heavy (non-hydrogen) atoms. The molecule has 0 aromatic heterocycles. The van der Waals surface area contributed by atoms with Crippen LogP contribution in [0.1, 0.15) is 30.9 Å². The lowest BCUT2D eigenvalue weighted by atomic mass is 10.00. The molecule has 0 bridgehead atoms. The van der Waals surface area contributed by atoms with E-state index in [0.717, 1.165) is 24.8 Å². The van der Waals surface area contributed by atoms with Gasteiger partial charge >= 0.3 is 0 Å². The number of hydrogen-bond acceptors (Lipinski definition) is 4. The fourth-order valence-electron chi connectivity index (χ4n) is 2.19. The monoisotopic (exact) mass is 277 g/mol. The van der Waals surface area contributed by atoms with Crippen molar-refractivity contribution < 1.29 is 14.2 Å². The van der Waals surface area contributed by atoms with Crippen LogP contribution in [0.4, 0.5) is 0 Å². The minimum absolute atomic E-state index is 0.206. The second-order valence-electron chi connectivity index (χ2n) is 4.40. The quantitative estimate of drug-likeness (QED) is 0.586. The van der Waals surface area contributed by atoms with Crippen LogP contribution < -0.4 is 19.5 Å². The number of terminal acetylenes is 1. The smallest absolute Gasteiger partial charge is 0.203 e. The Labute approximate surface area is 121 Å². The molecule has 0 aliphatic heterocycles. The van der Waals surface area contributed by atoms with Crippen molar-refractivity contribution in [3.63, 3.8) is 0 Å². The minimum atomic E-state index is 0.206. The maximum atomic E-state index is 5.37. The van der Waals surface area contributed by atoms with Crippen LogP contribution in [0.15, 0.2) is 12.1 Å². The van der Waals surface area contributed by atoms with Crippen molar-refractivity contribution in [1.29, 1.82) is 0 Å². The van der Waals surface area contributed by atoms with E-state index in [1.54, 1.807) is 21.3 Å². The first-order valence-corrected chi connectivity index (χ1v) is 6.62. The third-order valence-corrected chi connectivity index (χ3v) is 3.25. The Morgan fingerprint density at radius 2 is 1.75 bits per heavy atom. The second kappa shape index (κ2) is 8.34. The van der Waals surface area contributed by atoms with Crippen molar-refractivity contribution >= 4 is 0 Å². The highest BCUT2D eigenvalue weighted by Crippen LogP contribution is 2.40. The number of nitrogens with one attached hydrogen (secondary N) is 1. The highest BCUT2D eigenvalue weighted by molar-refractivity contribution is 5.54. The number of rotatable bonds is 8. The maximum Gasteiger partial charge on any atom is 0.203 e. The summed E-state index contributed by atoms with van der Waals surface area (Å²) in [5.74, 6) is 4.60. The van der Waals surface area contributed by atoms with Crippen LogP contribution in [0.3, 0.4) is 0 Å². The summed E-state index contributed by atoms with van der Waals surface area (Å²) in [6.07, 6.45) is 8.01. The summed E-state index contributed by atoms with van der Waals surface area (Å²) in [4.78, 5) is 0. The number of ether oxygens (including phenoxy) is 3. The van der Waals surface area contributed by atoms with Gasteiger partial charge in [0.2, 0.25) is 5.75 Å². The number of benzene rings is 1. The van der Waals surface area contributed by atoms with Crippen LogP contribution in [0, 0.1) is 12.3 Å². The van der Waals surface area contributed by atoms with Crippen LogP contribution in [0.2, 0.25) is 0 Å². The molecule has 1 unspecified atom stereocenters. The normalized spacial score (nSPS) is 11.6. The molecule has 1 rings (SSSR count). The average Bonchev–Trinajstić information content (AvgIpc) is 2.50. The Morgan fingerprint density at radius 3 is 2.15 bits per heavy atom. The molecule has 4 heteroatoms. The summed E-state index contributed by atoms with van der Waals surface area (Å²) in [6, 6.07) is 4.15. The van der Waals surface area contributed by atoms with E-state index >= 15 is 0 Å². The molecule has 0 aliphatic carbocycles. The van der Waals surface area contributed by atoms with Crippen LogP contribution in [-0.4, -0.2) is 28.4 Å². The van der Waals surface area contributed by atoms with E-state index in [4.69, 9.17) is 20.6 Å². The first-order chi connectivity index (χ1) is 9.71. The Hall–Kier alpha value is -1.86. The SMILES string of the molecule is C#CCCCC(NC)c1cc(OC)c(OC)c(OC)c1. The van der Waals surface area contributed by atoms with E-state index in [0.29, 0.717) is 17.2 Å². The summed E-state index contributed by atoms with van der Waals surface area (Å²) in [6.45, 7) is 0. The number of methoxy groups -OCH3 is 3. The summed E-state index contributed by atoms with van der Waals surface area (Å²) >= 11 is 0. The number of hydrogen-bond donors (Lipinski definition) is 1. The topological polar surface area (TPSA) is 39.7 Å². The van der Waals surface area contributed by atoms with Gasteiger partial charge in [0.15, 0.2) is 11.5 Å². The molecule has 0 heterocycles. The average molecular weight is 277 g/mol. The van der Waals surface area contributed by atoms with Crippen LogP contribution >= 0.6 is 0 Å². The molecule has 0 amide bonds. The molecular weight excluding hydrogens is 254 g/mol. The van der Waals surface area contributed by atoms with Crippen molar-refractivity contribution in [2.24, 2.45) is 0 Å². The summed E-state index contributed by atoms with van der Waals surface area (Å²) in [7, 11) is 6.77. The Bertz CT molecular complexity index is 440. The molecular formula is C16H23NO3. The Morgan fingerprint density at radius 1 is 1.15 bits per heavy atom. The van der Waals surface area contributed by atoms with Gasteiger partial charge in [0, 0.05) is 12.5 Å². The Kier molecular flexibility index (Phi) is 6.75. The van der Waals surface area contributed by atoms with Gasteiger partial charge in [-0.3, -0.25) is 0 Å². The lowest BCUT2D eigenvalue weighted by Crippen LogP contribution is -2.16. The van der Waals surface area contributed by atoms with Gasteiger partial charge in [-0.05, 0) is 37.6 Å². The molecule has 1 atom stereocenters. The molecule has 1 N–H and O–H groups in total. The first kappa shape index (κ1) is 16.2. The van der Waals surface area contributed by atoms with Crippen molar-refractivity contribution in [2.45, 2.75) is 25.3 Å². The van der Waals surface area contributed by atoms with E-state index in [2.05, 4.69) is 11.2 Å². The zero-order chi connectivity index (χ0) is 15.0. The molecule has 4 nitrogen and oxygen atoms in total. The van der Waals surface area contributed by atoms with E-state index in [1.807, 2.05) is 19.2 Å². The molecule has 0 spiro atoms. The minimum Gasteiger partial charge on any atom is -0.493 e. The third kappa shape index (κ3) is 3.82. The molecule has 0 fully saturated rings. The van der Waals surface area contributed by atoms with E-state index in [9.17, 15) is 0 Å².